The molecule has 1 aliphatic rings. The second-order valence-corrected chi connectivity index (χ2v) is 5.13. The van der Waals surface area contributed by atoms with E-state index in [1.807, 2.05) is 0 Å². The van der Waals surface area contributed by atoms with Crippen LogP contribution in [0, 0.1) is 5.92 Å². The fraction of sp³-hybridized carbons (Fsp3) is 0.429. The predicted molar refractivity (Wildman–Crippen MR) is 71.4 cm³/mol. The van der Waals surface area contributed by atoms with E-state index < -0.39 is 5.97 Å². The van der Waals surface area contributed by atoms with E-state index in [1.54, 1.807) is 6.07 Å². The van der Waals surface area contributed by atoms with Crippen molar-refractivity contribution < 1.29 is 14.3 Å². The quantitative estimate of drug-likeness (QED) is 0.883. The molecule has 0 radical (unpaired) electrons. The maximum Gasteiger partial charge on any atom is 0.335 e. The Balaban J connectivity index is 1.82. The third kappa shape index (κ3) is 2.28. The van der Waals surface area contributed by atoms with Gasteiger partial charge in [0.15, 0.2) is 5.58 Å². The van der Waals surface area contributed by atoms with E-state index in [0.717, 1.165) is 0 Å². The highest BCUT2D eigenvalue weighted by Crippen LogP contribution is 2.31. The molecule has 0 bridgehead atoms. The van der Waals surface area contributed by atoms with Crippen molar-refractivity contribution in [1.82, 2.24) is 4.98 Å². The summed E-state index contributed by atoms with van der Waals surface area (Å²) < 4.78 is 5.56. The zero-order chi connectivity index (χ0) is 13.4. The molecule has 100 valence electrons. The molecule has 1 aliphatic carbocycles. The number of fused-ring (bicyclic) bond motifs is 1. The van der Waals surface area contributed by atoms with E-state index in [-0.39, 0.29) is 5.56 Å². The molecule has 1 aromatic heterocycles. The van der Waals surface area contributed by atoms with Crippen molar-refractivity contribution in [3.05, 3.63) is 23.8 Å². The number of nitrogens with zero attached hydrogens (tertiary/aromatic N) is 1. The van der Waals surface area contributed by atoms with Gasteiger partial charge in [-0.15, -0.1) is 0 Å². The van der Waals surface area contributed by atoms with Crippen LogP contribution in [0.4, 0.5) is 6.01 Å². The molecule has 1 fully saturated rings. The second kappa shape index (κ2) is 4.57. The average molecular weight is 260 g/mol. The van der Waals surface area contributed by atoms with Gasteiger partial charge in [-0.25, -0.2) is 4.79 Å². The highest BCUT2D eigenvalue weighted by Gasteiger charge is 2.24. The summed E-state index contributed by atoms with van der Waals surface area (Å²) in [5.74, 6) is -0.278. The number of aromatic nitrogens is 1. The fourth-order valence-electron chi connectivity index (χ4n) is 2.37. The molecule has 2 N–H and O–H groups in total. The minimum Gasteiger partial charge on any atom is -0.478 e. The Kier molecular flexibility index (Phi) is 2.89. The summed E-state index contributed by atoms with van der Waals surface area (Å²) in [5.41, 5.74) is 1.39. The lowest BCUT2D eigenvalue weighted by Crippen LogP contribution is -2.30. The molecule has 2 aromatic rings. The van der Waals surface area contributed by atoms with E-state index >= 15 is 0 Å². The SMILES string of the molecule is CC(Nc1nc2ccc(C(=O)O)cc2o1)C1CCC1. The Morgan fingerprint density at radius 1 is 1.53 bits per heavy atom. The maximum atomic E-state index is 10.9. The van der Waals surface area contributed by atoms with Crippen LogP contribution >= 0.6 is 0 Å². The largest absolute Gasteiger partial charge is 0.478 e. The molecule has 1 heterocycles. The number of carboxylic acid groups (broad SMARTS) is 1. The molecule has 0 aliphatic heterocycles. The summed E-state index contributed by atoms with van der Waals surface area (Å²) in [7, 11) is 0. The number of hydrogen-bond donors (Lipinski definition) is 2. The predicted octanol–water partition coefficient (Wildman–Crippen LogP) is 3.13. The molecule has 0 spiro atoms. The average Bonchev–Trinajstić information content (AvgIpc) is 2.66. The number of rotatable bonds is 4. The molecule has 1 saturated carbocycles. The zero-order valence-corrected chi connectivity index (χ0v) is 10.7. The number of carbonyl (C=O) groups is 1. The van der Waals surface area contributed by atoms with Crippen LogP contribution in [0.5, 0.6) is 0 Å². The van der Waals surface area contributed by atoms with E-state index in [2.05, 4.69) is 17.2 Å². The molecule has 0 saturated heterocycles. The Hall–Kier alpha value is -2.04. The lowest BCUT2D eigenvalue weighted by Gasteiger charge is -2.31. The molecule has 3 rings (SSSR count). The highest BCUT2D eigenvalue weighted by atomic mass is 16.4. The number of benzene rings is 1. The van der Waals surface area contributed by atoms with Crippen LogP contribution in [0.25, 0.3) is 11.1 Å². The van der Waals surface area contributed by atoms with Gasteiger partial charge in [0.1, 0.15) is 5.52 Å². The van der Waals surface area contributed by atoms with Crippen LogP contribution in [-0.2, 0) is 0 Å². The number of aromatic carboxylic acids is 1. The first-order valence-electron chi connectivity index (χ1n) is 6.54. The van der Waals surface area contributed by atoms with E-state index in [4.69, 9.17) is 9.52 Å². The van der Waals surface area contributed by atoms with Crippen molar-refractivity contribution in [1.29, 1.82) is 0 Å². The third-order valence-electron chi connectivity index (χ3n) is 3.84. The van der Waals surface area contributed by atoms with Gasteiger partial charge in [0, 0.05) is 6.04 Å². The van der Waals surface area contributed by atoms with Gasteiger partial charge in [-0.3, -0.25) is 0 Å². The van der Waals surface area contributed by atoms with Gasteiger partial charge >= 0.3 is 5.97 Å². The summed E-state index contributed by atoms with van der Waals surface area (Å²) in [6.45, 7) is 2.13. The first-order chi connectivity index (χ1) is 9.13. The first kappa shape index (κ1) is 12.0. The lowest BCUT2D eigenvalue weighted by atomic mass is 9.80. The van der Waals surface area contributed by atoms with Gasteiger partial charge in [-0.2, -0.15) is 4.98 Å². The number of anilines is 1. The van der Waals surface area contributed by atoms with Gasteiger partial charge in [-0.1, -0.05) is 6.42 Å². The Morgan fingerprint density at radius 3 is 2.95 bits per heavy atom. The number of nitrogens with one attached hydrogen (secondary N) is 1. The summed E-state index contributed by atoms with van der Waals surface area (Å²) in [6, 6.07) is 5.51. The van der Waals surface area contributed by atoms with Crippen molar-refractivity contribution in [2.75, 3.05) is 5.32 Å². The summed E-state index contributed by atoms with van der Waals surface area (Å²) in [6.07, 6.45) is 3.79. The topological polar surface area (TPSA) is 75.4 Å². The minimum absolute atomic E-state index is 0.210. The molecule has 19 heavy (non-hydrogen) atoms. The van der Waals surface area contributed by atoms with Gasteiger partial charge in [-0.05, 0) is 43.9 Å². The lowest BCUT2D eigenvalue weighted by molar-refractivity contribution is 0.0697. The maximum absolute atomic E-state index is 10.9. The van der Waals surface area contributed by atoms with Gasteiger partial charge in [0.05, 0.1) is 5.56 Å². The third-order valence-corrected chi connectivity index (χ3v) is 3.84. The summed E-state index contributed by atoms with van der Waals surface area (Å²) in [5, 5.41) is 12.2. The summed E-state index contributed by atoms with van der Waals surface area (Å²) in [4.78, 5) is 15.2. The molecule has 1 atom stereocenters. The minimum atomic E-state index is -0.962. The monoisotopic (exact) mass is 260 g/mol. The van der Waals surface area contributed by atoms with Gasteiger partial charge in [0.25, 0.3) is 6.01 Å². The molecular weight excluding hydrogens is 244 g/mol. The fourth-order valence-corrected chi connectivity index (χ4v) is 2.37. The van der Waals surface area contributed by atoms with Crippen molar-refractivity contribution in [3.8, 4) is 0 Å². The molecular formula is C14H16N2O3. The van der Waals surface area contributed by atoms with E-state index in [9.17, 15) is 4.79 Å². The van der Waals surface area contributed by atoms with Crippen molar-refractivity contribution in [2.24, 2.45) is 5.92 Å². The second-order valence-electron chi connectivity index (χ2n) is 5.13. The smallest absolute Gasteiger partial charge is 0.335 e. The highest BCUT2D eigenvalue weighted by molar-refractivity contribution is 5.92. The number of hydrogen-bond acceptors (Lipinski definition) is 4. The van der Waals surface area contributed by atoms with Crippen molar-refractivity contribution in [3.63, 3.8) is 0 Å². The van der Waals surface area contributed by atoms with Crippen LogP contribution in [-0.4, -0.2) is 22.1 Å². The zero-order valence-electron chi connectivity index (χ0n) is 10.7. The number of carboxylic acids is 1. The van der Waals surface area contributed by atoms with E-state index in [0.29, 0.717) is 29.1 Å². The Bertz CT molecular complexity index is 616. The molecule has 1 aromatic carbocycles. The normalized spacial score (nSPS) is 17.1. The molecule has 0 amide bonds. The van der Waals surface area contributed by atoms with Gasteiger partial charge in [0.2, 0.25) is 0 Å². The van der Waals surface area contributed by atoms with Crippen molar-refractivity contribution >= 4 is 23.1 Å². The molecule has 5 heteroatoms. The van der Waals surface area contributed by atoms with Gasteiger partial charge < -0.3 is 14.8 Å². The standard InChI is InChI=1S/C14H16N2O3/c1-8(9-3-2-4-9)15-14-16-11-6-5-10(13(17)18)7-12(11)19-14/h5-9H,2-4H2,1H3,(H,15,16)(H,17,18). The van der Waals surface area contributed by atoms with Crippen LogP contribution < -0.4 is 5.32 Å². The van der Waals surface area contributed by atoms with Crippen LogP contribution in [0.2, 0.25) is 0 Å². The van der Waals surface area contributed by atoms with E-state index in [1.165, 1.54) is 31.4 Å². The van der Waals surface area contributed by atoms with Crippen LogP contribution in [0.15, 0.2) is 22.6 Å². The number of oxazole rings is 1. The first-order valence-corrected chi connectivity index (χ1v) is 6.54. The molecule has 1 unspecified atom stereocenters. The molecule has 5 nitrogen and oxygen atoms in total. The summed E-state index contributed by atoms with van der Waals surface area (Å²) >= 11 is 0. The van der Waals surface area contributed by atoms with Crippen LogP contribution in [0.1, 0.15) is 36.5 Å². The van der Waals surface area contributed by atoms with Crippen molar-refractivity contribution in [2.45, 2.75) is 32.2 Å². The van der Waals surface area contributed by atoms with Crippen LogP contribution in [0.3, 0.4) is 0 Å². The Labute approximate surface area is 110 Å². The Morgan fingerprint density at radius 2 is 2.32 bits per heavy atom.